The molecule has 1 aromatic carbocycles. The van der Waals surface area contributed by atoms with Crippen LogP contribution in [0.3, 0.4) is 0 Å². The van der Waals surface area contributed by atoms with Crippen molar-refractivity contribution in [3.63, 3.8) is 0 Å². The molecule has 0 bridgehead atoms. The SMILES string of the molecule is Cc1ccc(CNC(=O)c2cccc(N)c2[N+](=O)[O-])o1. The molecule has 0 aliphatic carbocycles. The predicted octanol–water partition coefficient (Wildman–Crippen LogP) is 2.01. The van der Waals surface area contributed by atoms with E-state index in [9.17, 15) is 14.9 Å². The number of para-hydroxylation sites is 1. The molecule has 0 spiro atoms. The molecular weight excluding hydrogens is 262 g/mol. The summed E-state index contributed by atoms with van der Waals surface area (Å²) in [6, 6.07) is 7.73. The van der Waals surface area contributed by atoms with Gasteiger partial charge in [-0.2, -0.15) is 0 Å². The maximum Gasteiger partial charge on any atom is 0.304 e. The van der Waals surface area contributed by atoms with Gasteiger partial charge in [-0.05, 0) is 31.2 Å². The maximum atomic E-state index is 12.0. The summed E-state index contributed by atoms with van der Waals surface area (Å²) in [5, 5.41) is 13.5. The maximum absolute atomic E-state index is 12.0. The van der Waals surface area contributed by atoms with Gasteiger partial charge in [0.1, 0.15) is 22.8 Å². The molecule has 20 heavy (non-hydrogen) atoms. The smallest absolute Gasteiger partial charge is 0.304 e. The van der Waals surface area contributed by atoms with E-state index in [0.717, 1.165) is 5.76 Å². The summed E-state index contributed by atoms with van der Waals surface area (Å²) >= 11 is 0. The lowest BCUT2D eigenvalue weighted by atomic mass is 10.1. The molecule has 1 amide bonds. The predicted molar refractivity (Wildman–Crippen MR) is 72.1 cm³/mol. The second-order valence-electron chi connectivity index (χ2n) is 4.20. The van der Waals surface area contributed by atoms with Gasteiger partial charge in [0.05, 0.1) is 11.5 Å². The van der Waals surface area contributed by atoms with Gasteiger partial charge in [-0.25, -0.2) is 0 Å². The van der Waals surface area contributed by atoms with Crippen LogP contribution in [0.1, 0.15) is 21.9 Å². The van der Waals surface area contributed by atoms with Gasteiger partial charge in [0, 0.05) is 0 Å². The lowest BCUT2D eigenvalue weighted by Gasteiger charge is -2.05. The second-order valence-corrected chi connectivity index (χ2v) is 4.20. The Balaban J connectivity index is 2.17. The fraction of sp³-hybridized carbons (Fsp3) is 0.154. The third kappa shape index (κ3) is 2.77. The molecule has 7 heteroatoms. The van der Waals surface area contributed by atoms with Crippen LogP contribution < -0.4 is 11.1 Å². The van der Waals surface area contributed by atoms with Crippen LogP contribution in [-0.2, 0) is 6.54 Å². The first kappa shape index (κ1) is 13.6. The van der Waals surface area contributed by atoms with Crippen LogP contribution in [0.2, 0.25) is 0 Å². The van der Waals surface area contributed by atoms with Crippen LogP contribution in [0.15, 0.2) is 34.7 Å². The monoisotopic (exact) mass is 275 g/mol. The third-order valence-electron chi connectivity index (χ3n) is 2.71. The van der Waals surface area contributed by atoms with Crippen molar-refractivity contribution in [3.05, 3.63) is 57.5 Å². The van der Waals surface area contributed by atoms with E-state index in [1.54, 1.807) is 19.1 Å². The summed E-state index contributed by atoms with van der Waals surface area (Å²) in [6.07, 6.45) is 0. The van der Waals surface area contributed by atoms with Gasteiger partial charge in [-0.1, -0.05) is 6.07 Å². The highest BCUT2D eigenvalue weighted by molar-refractivity contribution is 6.00. The largest absolute Gasteiger partial charge is 0.465 e. The van der Waals surface area contributed by atoms with Crippen molar-refractivity contribution < 1.29 is 14.1 Å². The Bertz CT molecular complexity index is 663. The standard InChI is InChI=1S/C13H13N3O4/c1-8-5-6-9(20-8)7-15-13(17)10-3-2-4-11(14)12(10)16(18)19/h2-6H,7,14H2,1H3,(H,15,17). The molecule has 3 N–H and O–H groups in total. The van der Waals surface area contributed by atoms with Gasteiger partial charge in [-0.3, -0.25) is 14.9 Å². The van der Waals surface area contributed by atoms with Gasteiger partial charge in [0.15, 0.2) is 0 Å². The summed E-state index contributed by atoms with van der Waals surface area (Å²) in [7, 11) is 0. The number of carbonyl (C=O) groups excluding carboxylic acids is 1. The topological polar surface area (TPSA) is 111 Å². The number of hydrogen-bond acceptors (Lipinski definition) is 5. The number of anilines is 1. The first-order valence-corrected chi connectivity index (χ1v) is 5.85. The van der Waals surface area contributed by atoms with Crippen LogP contribution in [0.25, 0.3) is 0 Å². The van der Waals surface area contributed by atoms with Gasteiger partial charge in [0.25, 0.3) is 5.91 Å². The molecule has 0 aliphatic rings. The van der Waals surface area contributed by atoms with Crippen LogP contribution in [-0.4, -0.2) is 10.8 Å². The highest BCUT2D eigenvalue weighted by Crippen LogP contribution is 2.25. The van der Waals surface area contributed by atoms with Crippen LogP contribution >= 0.6 is 0 Å². The zero-order chi connectivity index (χ0) is 14.7. The zero-order valence-corrected chi connectivity index (χ0v) is 10.8. The summed E-state index contributed by atoms with van der Waals surface area (Å²) in [6.45, 7) is 1.94. The number of rotatable bonds is 4. The molecule has 104 valence electrons. The van der Waals surface area contributed by atoms with Gasteiger partial charge < -0.3 is 15.5 Å². The van der Waals surface area contributed by atoms with Gasteiger partial charge in [0.2, 0.25) is 0 Å². The lowest BCUT2D eigenvalue weighted by Crippen LogP contribution is -2.23. The quantitative estimate of drug-likeness (QED) is 0.503. The van der Waals surface area contributed by atoms with Crippen molar-refractivity contribution >= 4 is 17.3 Å². The lowest BCUT2D eigenvalue weighted by molar-refractivity contribution is -0.384. The molecule has 0 fully saturated rings. The number of aryl methyl sites for hydroxylation is 1. The molecule has 2 rings (SSSR count). The summed E-state index contributed by atoms with van der Waals surface area (Å²) in [5.74, 6) is 0.727. The molecule has 0 atom stereocenters. The van der Waals surface area contributed by atoms with E-state index >= 15 is 0 Å². The number of benzene rings is 1. The normalized spacial score (nSPS) is 10.2. The number of nitrogens with two attached hydrogens (primary N) is 1. The van der Waals surface area contributed by atoms with Crippen LogP contribution in [0, 0.1) is 17.0 Å². The molecule has 0 aliphatic heterocycles. The van der Waals surface area contributed by atoms with E-state index in [-0.39, 0.29) is 23.5 Å². The summed E-state index contributed by atoms with van der Waals surface area (Å²) in [4.78, 5) is 22.3. The van der Waals surface area contributed by atoms with Gasteiger partial charge in [-0.15, -0.1) is 0 Å². The number of nitrogens with zero attached hydrogens (tertiary/aromatic N) is 1. The van der Waals surface area contributed by atoms with E-state index < -0.39 is 10.8 Å². The van der Waals surface area contributed by atoms with E-state index in [4.69, 9.17) is 10.2 Å². The fourth-order valence-electron chi connectivity index (χ4n) is 1.79. The van der Waals surface area contributed by atoms with Crippen LogP contribution in [0.4, 0.5) is 11.4 Å². The average Bonchev–Trinajstić information content (AvgIpc) is 2.81. The average molecular weight is 275 g/mol. The fourth-order valence-corrected chi connectivity index (χ4v) is 1.79. The van der Waals surface area contributed by atoms with Crippen molar-refractivity contribution in [1.29, 1.82) is 0 Å². The third-order valence-corrected chi connectivity index (χ3v) is 2.71. The number of nitrogen functional groups attached to an aromatic ring is 1. The van der Waals surface area contributed by atoms with Gasteiger partial charge >= 0.3 is 5.69 Å². The Labute approximate surface area is 114 Å². The summed E-state index contributed by atoms with van der Waals surface area (Å²) < 4.78 is 5.30. The summed E-state index contributed by atoms with van der Waals surface area (Å²) in [5.41, 5.74) is 5.03. The van der Waals surface area contributed by atoms with Crippen molar-refractivity contribution in [2.24, 2.45) is 0 Å². The van der Waals surface area contributed by atoms with E-state index in [2.05, 4.69) is 5.32 Å². The Hall–Kier alpha value is -2.83. The molecule has 0 radical (unpaired) electrons. The molecular formula is C13H13N3O4. The number of amides is 1. The Morgan fingerprint density at radius 2 is 2.15 bits per heavy atom. The van der Waals surface area contributed by atoms with Crippen molar-refractivity contribution in [2.75, 3.05) is 5.73 Å². The first-order chi connectivity index (χ1) is 9.49. The number of nitro groups is 1. The number of hydrogen-bond donors (Lipinski definition) is 2. The molecule has 2 aromatic rings. The molecule has 0 saturated carbocycles. The van der Waals surface area contributed by atoms with Crippen LogP contribution in [0.5, 0.6) is 0 Å². The number of nitrogens with one attached hydrogen (secondary N) is 1. The Kier molecular flexibility index (Phi) is 3.69. The Morgan fingerprint density at radius 3 is 2.75 bits per heavy atom. The van der Waals surface area contributed by atoms with Crippen molar-refractivity contribution in [2.45, 2.75) is 13.5 Å². The number of furan rings is 1. The molecule has 0 saturated heterocycles. The number of nitro benzene ring substituents is 1. The van der Waals surface area contributed by atoms with E-state index in [1.165, 1.54) is 18.2 Å². The molecule has 0 unspecified atom stereocenters. The minimum atomic E-state index is -0.665. The zero-order valence-electron chi connectivity index (χ0n) is 10.8. The van der Waals surface area contributed by atoms with E-state index in [1.807, 2.05) is 0 Å². The van der Waals surface area contributed by atoms with Crippen molar-refractivity contribution in [3.8, 4) is 0 Å². The minimum absolute atomic E-state index is 0.0449. The highest BCUT2D eigenvalue weighted by Gasteiger charge is 2.22. The highest BCUT2D eigenvalue weighted by atomic mass is 16.6. The number of carbonyl (C=O) groups is 1. The molecule has 1 aromatic heterocycles. The second kappa shape index (κ2) is 5.43. The minimum Gasteiger partial charge on any atom is -0.465 e. The van der Waals surface area contributed by atoms with E-state index in [0.29, 0.717) is 5.76 Å². The Morgan fingerprint density at radius 1 is 1.40 bits per heavy atom. The van der Waals surface area contributed by atoms with Crippen molar-refractivity contribution in [1.82, 2.24) is 5.32 Å². The molecule has 7 nitrogen and oxygen atoms in total. The first-order valence-electron chi connectivity index (χ1n) is 5.85. The molecule has 1 heterocycles.